The van der Waals surface area contributed by atoms with Gasteiger partial charge >= 0.3 is 6.98 Å². The number of rotatable bonds is 1. The predicted octanol–water partition coefficient (Wildman–Crippen LogP) is 2.94. The van der Waals surface area contributed by atoms with E-state index in [0.29, 0.717) is 5.39 Å². The van der Waals surface area contributed by atoms with Crippen molar-refractivity contribution in [3.05, 3.63) is 35.5 Å². The van der Waals surface area contributed by atoms with Crippen molar-refractivity contribution in [3.8, 4) is 0 Å². The standard InChI is InChI=1S/C9H5BClF3N/c11-8-5-4-6-2-1-3-7(9(6)15-8)10(12,13)14/h1-5H/q-1. The summed E-state index contributed by atoms with van der Waals surface area (Å²) >= 11 is 5.57. The molecule has 6 heteroatoms. The van der Waals surface area contributed by atoms with Crippen LogP contribution in [0.15, 0.2) is 30.3 Å². The molecule has 0 spiro atoms. The van der Waals surface area contributed by atoms with Crippen LogP contribution in [0.4, 0.5) is 12.9 Å². The maximum Gasteiger partial charge on any atom is 0.511 e. The molecule has 1 heterocycles. The Morgan fingerprint density at radius 3 is 2.47 bits per heavy atom. The molecule has 0 aliphatic carbocycles. The lowest BCUT2D eigenvalue weighted by Gasteiger charge is -2.16. The highest BCUT2D eigenvalue weighted by Crippen LogP contribution is 2.18. The Morgan fingerprint density at radius 2 is 1.80 bits per heavy atom. The van der Waals surface area contributed by atoms with Gasteiger partial charge in [0.05, 0.1) is 0 Å². The van der Waals surface area contributed by atoms with Crippen molar-refractivity contribution < 1.29 is 12.9 Å². The first-order valence-corrected chi connectivity index (χ1v) is 4.61. The average molecular weight is 230 g/mol. The first kappa shape index (κ1) is 10.3. The Labute approximate surface area is 88.9 Å². The highest BCUT2D eigenvalue weighted by molar-refractivity contribution is 6.75. The fourth-order valence-corrected chi connectivity index (χ4v) is 1.56. The van der Waals surface area contributed by atoms with Crippen molar-refractivity contribution in [3.63, 3.8) is 0 Å². The summed E-state index contributed by atoms with van der Waals surface area (Å²) in [6.07, 6.45) is 0. The predicted molar refractivity (Wildman–Crippen MR) is 55.5 cm³/mol. The highest BCUT2D eigenvalue weighted by atomic mass is 35.5. The van der Waals surface area contributed by atoms with Crippen molar-refractivity contribution >= 4 is 34.9 Å². The van der Waals surface area contributed by atoms with E-state index in [9.17, 15) is 12.9 Å². The molecule has 0 unspecified atom stereocenters. The molecular weight excluding hydrogens is 225 g/mol. The lowest BCUT2D eigenvalue weighted by molar-refractivity contribution is 0.501. The number of halogens is 4. The van der Waals surface area contributed by atoms with Gasteiger partial charge in [0.1, 0.15) is 5.15 Å². The normalized spacial score (nSPS) is 12.0. The molecule has 0 radical (unpaired) electrons. The highest BCUT2D eigenvalue weighted by Gasteiger charge is 2.27. The number of hydrogen-bond donors (Lipinski definition) is 0. The van der Waals surface area contributed by atoms with Gasteiger partial charge in [-0.3, -0.25) is 0 Å². The largest absolute Gasteiger partial charge is 0.511 e. The molecule has 2 aromatic rings. The van der Waals surface area contributed by atoms with Gasteiger partial charge in [0.25, 0.3) is 0 Å². The molecule has 1 aromatic heterocycles. The molecule has 0 amide bonds. The maximum atomic E-state index is 12.6. The molecule has 0 saturated heterocycles. The summed E-state index contributed by atoms with van der Waals surface area (Å²) in [5.74, 6) is 0. The summed E-state index contributed by atoms with van der Waals surface area (Å²) in [5, 5.41) is 0.506. The van der Waals surface area contributed by atoms with Crippen LogP contribution < -0.4 is 5.46 Å². The van der Waals surface area contributed by atoms with Crippen molar-refractivity contribution in [1.82, 2.24) is 4.98 Å². The summed E-state index contributed by atoms with van der Waals surface area (Å²) < 4.78 is 37.9. The molecule has 0 bridgehead atoms. The first-order chi connectivity index (χ1) is 6.98. The fourth-order valence-electron chi connectivity index (χ4n) is 1.41. The van der Waals surface area contributed by atoms with Crippen LogP contribution in [0.5, 0.6) is 0 Å². The van der Waals surface area contributed by atoms with Crippen molar-refractivity contribution in [1.29, 1.82) is 0 Å². The summed E-state index contributed by atoms with van der Waals surface area (Å²) in [6.45, 7) is -5.05. The zero-order valence-corrected chi connectivity index (χ0v) is 8.18. The van der Waals surface area contributed by atoms with E-state index in [1.165, 1.54) is 18.2 Å². The van der Waals surface area contributed by atoms with Gasteiger partial charge in [0.2, 0.25) is 0 Å². The Balaban J connectivity index is 2.80. The van der Waals surface area contributed by atoms with E-state index in [-0.39, 0.29) is 10.7 Å². The number of hydrogen-bond acceptors (Lipinski definition) is 1. The van der Waals surface area contributed by atoms with Crippen molar-refractivity contribution in [2.75, 3.05) is 0 Å². The molecule has 78 valence electrons. The van der Waals surface area contributed by atoms with Gasteiger partial charge in [0, 0.05) is 5.52 Å². The van der Waals surface area contributed by atoms with Crippen LogP contribution in [0.25, 0.3) is 10.9 Å². The number of aromatic nitrogens is 1. The van der Waals surface area contributed by atoms with Crippen molar-refractivity contribution in [2.45, 2.75) is 0 Å². The quantitative estimate of drug-likeness (QED) is 0.542. The van der Waals surface area contributed by atoms with Gasteiger partial charge in [-0.1, -0.05) is 35.3 Å². The summed E-state index contributed by atoms with van der Waals surface area (Å²) in [6, 6.07) is 6.95. The third-order valence-electron chi connectivity index (χ3n) is 2.07. The fraction of sp³-hybridized carbons (Fsp3) is 0. The minimum atomic E-state index is -5.05. The molecule has 1 aromatic carbocycles. The number of pyridine rings is 1. The SMILES string of the molecule is F[B-](F)(F)c1cccc2ccc(Cl)nc12. The molecule has 0 aliphatic heterocycles. The van der Waals surface area contributed by atoms with Crippen LogP contribution in [0.1, 0.15) is 0 Å². The zero-order chi connectivity index (χ0) is 11.1. The topological polar surface area (TPSA) is 12.9 Å². The van der Waals surface area contributed by atoms with Gasteiger partial charge in [0.15, 0.2) is 0 Å². The smallest absolute Gasteiger partial charge is 0.445 e. The Morgan fingerprint density at radius 1 is 1.07 bits per heavy atom. The van der Waals surface area contributed by atoms with Crippen LogP contribution in [0, 0.1) is 0 Å². The van der Waals surface area contributed by atoms with Crippen LogP contribution in [0.2, 0.25) is 5.15 Å². The third-order valence-corrected chi connectivity index (χ3v) is 2.28. The second kappa shape index (κ2) is 3.41. The van der Waals surface area contributed by atoms with E-state index >= 15 is 0 Å². The van der Waals surface area contributed by atoms with Crippen LogP contribution in [-0.4, -0.2) is 12.0 Å². The van der Waals surface area contributed by atoms with Gasteiger partial charge in [-0.2, -0.15) is 0 Å². The molecule has 0 fully saturated rings. The molecule has 0 aliphatic rings. The zero-order valence-electron chi connectivity index (χ0n) is 7.42. The number of benzene rings is 1. The monoisotopic (exact) mass is 230 g/mol. The van der Waals surface area contributed by atoms with Crippen LogP contribution >= 0.6 is 11.6 Å². The average Bonchev–Trinajstić information content (AvgIpc) is 2.15. The number of fused-ring (bicyclic) bond motifs is 1. The van der Waals surface area contributed by atoms with E-state index in [0.717, 1.165) is 6.07 Å². The lowest BCUT2D eigenvalue weighted by atomic mass is 9.78. The summed E-state index contributed by atoms with van der Waals surface area (Å²) in [4.78, 5) is 3.70. The van der Waals surface area contributed by atoms with Crippen molar-refractivity contribution in [2.24, 2.45) is 0 Å². The maximum absolute atomic E-state index is 12.6. The number of nitrogens with zero attached hydrogens (tertiary/aromatic N) is 1. The molecule has 15 heavy (non-hydrogen) atoms. The second-order valence-electron chi connectivity index (χ2n) is 3.13. The molecule has 0 N–H and O–H groups in total. The van der Waals surface area contributed by atoms with Gasteiger partial charge < -0.3 is 12.9 Å². The van der Waals surface area contributed by atoms with Gasteiger partial charge in [-0.05, 0) is 17.5 Å². The Hall–Kier alpha value is -1.23. The lowest BCUT2D eigenvalue weighted by Crippen LogP contribution is -2.34. The van der Waals surface area contributed by atoms with Gasteiger partial charge in [-0.25, -0.2) is 4.98 Å². The summed E-state index contributed by atoms with van der Waals surface area (Å²) in [7, 11) is 0. The third kappa shape index (κ3) is 1.92. The minimum Gasteiger partial charge on any atom is -0.445 e. The number of para-hydroxylation sites is 1. The molecule has 2 rings (SSSR count). The molecule has 0 saturated carbocycles. The van der Waals surface area contributed by atoms with Gasteiger partial charge in [-0.15, -0.1) is 0 Å². The Bertz CT molecular complexity index is 512. The Kier molecular flexibility index (Phi) is 2.34. The minimum absolute atomic E-state index is 0.0648. The summed E-state index contributed by atoms with van der Waals surface area (Å²) in [5.41, 5.74) is -0.785. The first-order valence-electron chi connectivity index (χ1n) is 4.23. The van der Waals surface area contributed by atoms with E-state index in [4.69, 9.17) is 11.6 Å². The molecule has 1 nitrogen and oxygen atoms in total. The van der Waals surface area contributed by atoms with E-state index in [1.807, 2.05) is 0 Å². The van der Waals surface area contributed by atoms with Crippen LogP contribution in [-0.2, 0) is 0 Å². The second-order valence-corrected chi connectivity index (χ2v) is 3.51. The van der Waals surface area contributed by atoms with E-state index in [1.54, 1.807) is 6.07 Å². The van der Waals surface area contributed by atoms with Crippen LogP contribution in [0.3, 0.4) is 0 Å². The molecular formula is C9H5BClF3N-. The van der Waals surface area contributed by atoms with E-state index < -0.39 is 12.4 Å². The molecule has 0 atom stereocenters. The van der Waals surface area contributed by atoms with E-state index in [2.05, 4.69) is 4.98 Å².